The molecule has 18 heavy (non-hydrogen) atoms. The monoisotopic (exact) mass is 261 g/mol. The molecule has 0 aliphatic heterocycles. The summed E-state index contributed by atoms with van der Waals surface area (Å²) in [5.74, 6) is 0.279. The fourth-order valence-corrected chi connectivity index (χ4v) is 1.41. The van der Waals surface area contributed by atoms with E-state index in [4.69, 9.17) is 11.0 Å². The lowest BCUT2D eigenvalue weighted by Gasteiger charge is -2.06. The van der Waals surface area contributed by atoms with Crippen molar-refractivity contribution in [1.82, 2.24) is 9.78 Å². The van der Waals surface area contributed by atoms with E-state index in [-0.39, 0.29) is 23.7 Å². The van der Waals surface area contributed by atoms with Crippen molar-refractivity contribution in [3.63, 3.8) is 0 Å². The lowest BCUT2D eigenvalue weighted by atomic mass is 10.3. The Bertz CT molecular complexity index is 444. The zero-order valence-electron chi connectivity index (χ0n) is 9.88. The molecule has 0 bridgehead atoms. The van der Waals surface area contributed by atoms with Gasteiger partial charge in [-0.05, 0) is 6.42 Å². The highest BCUT2D eigenvalue weighted by atomic mass is 19.4. The van der Waals surface area contributed by atoms with Gasteiger partial charge in [-0.1, -0.05) is 6.92 Å². The van der Waals surface area contributed by atoms with Crippen LogP contribution in [0, 0.1) is 11.3 Å². The molecule has 1 rings (SSSR count). The summed E-state index contributed by atoms with van der Waals surface area (Å²) in [5, 5.41) is 15.4. The van der Waals surface area contributed by atoms with Gasteiger partial charge < -0.3 is 11.1 Å². The fraction of sp³-hybridized carbons (Fsp3) is 0.600. The van der Waals surface area contributed by atoms with Crippen LogP contribution < -0.4 is 11.1 Å². The van der Waals surface area contributed by atoms with Gasteiger partial charge >= 0.3 is 6.18 Å². The molecule has 0 aromatic carbocycles. The van der Waals surface area contributed by atoms with Crippen LogP contribution in [0.5, 0.6) is 0 Å². The first-order valence-electron chi connectivity index (χ1n) is 5.46. The van der Waals surface area contributed by atoms with E-state index in [1.54, 1.807) is 0 Å². The average molecular weight is 261 g/mol. The lowest BCUT2D eigenvalue weighted by molar-refractivity contribution is -0.131. The highest BCUT2D eigenvalue weighted by Gasteiger charge is 2.26. The number of nitrogens with zero attached hydrogens (tertiary/aromatic N) is 3. The van der Waals surface area contributed by atoms with Crippen LogP contribution in [0.1, 0.15) is 25.3 Å². The second-order valence-corrected chi connectivity index (χ2v) is 3.74. The quantitative estimate of drug-likeness (QED) is 0.850. The first-order valence-corrected chi connectivity index (χ1v) is 5.46. The van der Waals surface area contributed by atoms with Crippen molar-refractivity contribution >= 4 is 11.6 Å². The van der Waals surface area contributed by atoms with Crippen LogP contribution in [0.15, 0.2) is 0 Å². The molecule has 5 nitrogen and oxygen atoms in total. The van der Waals surface area contributed by atoms with E-state index in [9.17, 15) is 13.2 Å². The Morgan fingerprint density at radius 2 is 2.17 bits per heavy atom. The first-order chi connectivity index (χ1) is 8.39. The van der Waals surface area contributed by atoms with E-state index in [0.717, 1.165) is 6.42 Å². The van der Waals surface area contributed by atoms with E-state index >= 15 is 0 Å². The SMILES string of the molecule is CCCn1nc(NCCC(F)(F)F)c(C#N)c1N. The molecule has 0 fully saturated rings. The summed E-state index contributed by atoms with van der Waals surface area (Å²) in [4.78, 5) is 0. The highest BCUT2D eigenvalue weighted by molar-refractivity contribution is 5.63. The molecule has 0 saturated carbocycles. The van der Waals surface area contributed by atoms with Crippen LogP contribution in [-0.4, -0.2) is 22.5 Å². The molecule has 100 valence electrons. The summed E-state index contributed by atoms with van der Waals surface area (Å²) in [7, 11) is 0. The average Bonchev–Trinajstić information content (AvgIpc) is 2.54. The summed E-state index contributed by atoms with van der Waals surface area (Å²) >= 11 is 0. The number of nitrogens with one attached hydrogen (secondary N) is 1. The number of hydrogen-bond donors (Lipinski definition) is 2. The third-order valence-electron chi connectivity index (χ3n) is 2.24. The number of nitrogen functional groups attached to an aromatic ring is 1. The van der Waals surface area contributed by atoms with Crippen molar-refractivity contribution in [2.45, 2.75) is 32.5 Å². The van der Waals surface area contributed by atoms with E-state index in [2.05, 4.69) is 10.4 Å². The summed E-state index contributed by atoms with van der Waals surface area (Å²) in [6.45, 7) is 2.09. The van der Waals surface area contributed by atoms with Crippen molar-refractivity contribution in [3.05, 3.63) is 5.56 Å². The Balaban J connectivity index is 2.76. The predicted molar refractivity (Wildman–Crippen MR) is 60.8 cm³/mol. The van der Waals surface area contributed by atoms with Crippen molar-refractivity contribution in [2.24, 2.45) is 0 Å². The van der Waals surface area contributed by atoms with Gasteiger partial charge in [0, 0.05) is 13.1 Å². The molecular formula is C10H14F3N5. The van der Waals surface area contributed by atoms with Gasteiger partial charge in [0.05, 0.1) is 6.42 Å². The van der Waals surface area contributed by atoms with Crippen molar-refractivity contribution < 1.29 is 13.2 Å². The second-order valence-electron chi connectivity index (χ2n) is 3.74. The van der Waals surface area contributed by atoms with Gasteiger partial charge in [0.15, 0.2) is 5.82 Å². The molecule has 3 N–H and O–H groups in total. The maximum atomic E-state index is 12.0. The van der Waals surface area contributed by atoms with Gasteiger partial charge in [-0.3, -0.25) is 0 Å². The molecule has 0 unspecified atom stereocenters. The number of rotatable bonds is 5. The predicted octanol–water partition coefficient (Wildman–Crippen LogP) is 2.11. The van der Waals surface area contributed by atoms with Gasteiger partial charge in [-0.25, -0.2) is 4.68 Å². The molecule has 8 heteroatoms. The Hall–Kier alpha value is -1.91. The highest BCUT2D eigenvalue weighted by Crippen LogP contribution is 2.23. The fourth-order valence-electron chi connectivity index (χ4n) is 1.41. The van der Waals surface area contributed by atoms with Gasteiger partial charge in [0.25, 0.3) is 0 Å². The van der Waals surface area contributed by atoms with E-state index in [1.807, 2.05) is 13.0 Å². The number of aryl methyl sites for hydroxylation is 1. The number of nitriles is 1. The number of nitrogens with two attached hydrogens (primary N) is 1. The maximum absolute atomic E-state index is 12.0. The van der Waals surface area contributed by atoms with Crippen LogP contribution >= 0.6 is 0 Å². The van der Waals surface area contributed by atoms with Crippen molar-refractivity contribution in [1.29, 1.82) is 5.26 Å². The minimum absolute atomic E-state index is 0.0885. The Kier molecular flexibility index (Phi) is 4.42. The number of alkyl halides is 3. The largest absolute Gasteiger partial charge is 0.390 e. The van der Waals surface area contributed by atoms with Crippen LogP contribution in [0.25, 0.3) is 0 Å². The third kappa shape index (κ3) is 3.55. The third-order valence-corrected chi connectivity index (χ3v) is 2.24. The molecule has 0 aliphatic carbocycles. The summed E-state index contributed by atoms with van der Waals surface area (Å²) in [6.07, 6.45) is -4.46. The Labute approximate surface area is 102 Å². The van der Waals surface area contributed by atoms with E-state index in [0.29, 0.717) is 6.54 Å². The van der Waals surface area contributed by atoms with Crippen LogP contribution in [0.2, 0.25) is 0 Å². The van der Waals surface area contributed by atoms with Gasteiger partial charge in [0.2, 0.25) is 0 Å². The number of aromatic nitrogens is 2. The van der Waals surface area contributed by atoms with Gasteiger partial charge in [-0.15, -0.1) is 0 Å². The van der Waals surface area contributed by atoms with Crippen molar-refractivity contribution in [3.8, 4) is 6.07 Å². The van der Waals surface area contributed by atoms with Crippen LogP contribution in [-0.2, 0) is 6.54 Å². The molecule has 1 aromatic heterocycles. The van der Waals surface area contributed by atoms with Gasteiger partial charge in [0.1, 0.15) is 17.5 Å². The lowest BCUT2D eigenvalue weighted by Crippen LogP contribution is -2.15. The molecule has 0 amide bonds. The Morgan fingerprint density at radius 3 is 2.67 bits per heavy atom. The smallest absolute Gasteiger partial charge is 0.383 e. The van der Waals surface area contributed by atoms with E-state index in [1.165, 1.54) is 4.68 Å². The molecule has 0 saturated heterocycles. The molecule has 0 radical (unpaired) electrons. The summed E-state index contributed by atoms with van der Waals surface area (Å²) in [5.41, 5.74) is 5.76. The zero-order chi connectivity index (χ0) is 13.8. The van der Waals surface area contributed by atoms with Crippen molar-refractivity contribution in [2.75, 3.05) is 17.6 Å². The summed E-state index contributed by atoms with van der Waals surface area (Å²) < 4.78 is 37.4. The molecule has 0 spiro atoms. The Morgan fingerprint density at radius 1 is 1.50 bits per heavy atom. The van der Waals surface area contributed by atoms with E-state index < -0.39 is 12.6 Å². The minimum atomic E-state index is -4.24. The maximum Gasteiger partial charge on any atom is 0.390 e. The second kappa shape index (κ2) is 5.62. The molecule has 0 aliphatic rings. The standard InChI is InChI=1S/C10H14F3N5/c1-2-5-18-8(15)7(6-14)9(17-18)16-4-3-10(11,12)13/h2-5,15H2,1H3,(H,16,17). The molecule has 1 aromatic rings. The first kappa shape index (κ1) is 14.2. The molecule has 0 atom stereocenters. The molecular weight excluding hydrogens is 247 g/mol. The van der Waals surface area contributed by atoms with Gasteiger partial charge in [-0.2, -0.15) is 23.5 Å². The van der Waals surface area contributed by atoms with Crippen LogP contribution in [0.4, 0.5) is 24.8 Å². The number of halogens is 3. The summed E-state index contributed by atoms with van der Waals surface area (Å²) in [6, 6.07) is 1.84. The minimum Gasteiger partial charge on any atom is -0.383 e. The zero-order valence-corrected chi connectivity index (χ0v) is 9.88. The topological polar surface area (TPSA) is 79.7 Å². The normalized spacial score (nSPS) is 11.3. The van der Waals surface area contributed by atoms with Crippen LogP contribution in [0.3, 0.4) is 0 Å². The molecule has 1 heterocycles. The number of hydrogen-bond acceptors (Lipinski definition) is 4. The number of anilines is 2.